The van der Waals surface area contributed by atoms with Gasteiger partial charge in [0.2, 0.25) is 0 Å². The summed E-state index contributed by atoms with van der Waals surface area (Å²) in [5, 5.41) is 9.16. The Morgan fingerprint density at radius 2 is 2.09 bits per heavy atom. The summed E-state index contributed by atoms with van der Waals surface area (Å²) in [5.74, 6) is 8.92. The third-order valence-corrected chi connectivity index (χ3v) is 4.82. The van der Waals surface area contributed by atoms with E-state index >= 15 is 0 Å². The second kappa shape index (κ2) is 9.15. The molecule has 0 bridgehead atoms. The molecule has 23 heavy (non-hydrogen) atoms. The van der Waals surface area contributed by atoms with Crippen LogP contribution in [0.15, 0.2) is 16.5 Å². The number of rotatable bonds is 7. The van der Waals surface area contributed by atoms with Gasteiger partial charge < -0.3 is 15.3 Å². The fourth-order valence-electron chi connectivity index (χ4n) is 3.17. The van der Waals surface area contributed by atoms with E-state index in [4.69, 9.17) is 15.3 Å². The van der Waals surface area contributed by atoms with Gasteiger partial charge in [0.25, 0.3) is 0 Å². The molecule has 0 amide bonds. The van der Waals surface area contributed by atoms with Crippen molar-refractivity contribution >= 4 is 0 Å². The summed E-state index contributed by atoms with van der Waals surface area (Å²) < 4.78 is 5.71. The highest BCUT2D eigenvalue weighted by Gasteiger charge is 2.17. The Morgan fingerprint density at radius 3 is 2.83 bits per heavy atom. The van der Waals surface area contributed by atoms with E-state index in [1.807, 2.05) is 19.1 Å². The Labute approximate surface area is 140 Å². The molecule has 3 nitrogen and oxygen atoms in total. The molecule has 1 aromatic heterocycles. The smallest absolute Gasteiger partial charge is 0.177 e. The van der Waals surface area contributed by atoms with E-state index in [2.05, 4.69) is 11.8 Å². The molecule has 0 aromatic carbocycles. The van der Waals surface area contributed by atoms with Crippen LogP contribution in [0.4, 0.5) is 0 Å². The first kappa shape index (κ1) is 18.1. The van der Waals surface area contributed by atoms with Crippen LogP contribution in [-0.2, 0) is 6.42 Å². The van der Waals surface area contributed by atoms with Crippen LogP contribution in [0.5, 0.6) is 0 Å². The standard InChI is InChI=1S/C20H31NO2/c1-20(21,16-22)15-14-19-13-12-18(23-19)11-7-3-6-10-17-8-4-2-5-9-17/h12-13,17,22H,2-6,8-10,14-16,21H2,1H3. The lowest BCUT2D eigenvalue weighted by atomic mass is 9.86. The van der Waals surface area contributed by atoms with Crippen LogP contribution < -0.4 is 5.73 Å². The largest absolute Gasteiger partial charge is 0.453 e. The highest BCUT2D eigenvalue weighted by Crippen LogP contribution is 2.27. The average Bonchev–Trinajstić information content (AvgIpc) is 3.02. The number of furan rings is 1. The summed E-state index contributed by atoms with van der Waals surface area (Å²) in [6.45, 7) is 1.84. The highest BCUT2D eigenvalue weighted by atomic mass is 16.3. The second-order valence-electron chi connectivity index (χ2n) is 7.28. The van der Waals surface area contributed by atoms with Crippen molar-refractivity contribution in [3.05, 3.63) is 23.7 Å². The van der Waals surface area contributed by atoms with Crippen LogP contribution in [0, 0.1) is 17.8 Å². The number of aliphatic hydroxyl groups is 1. The quantitative estimate of drug-likeness (QED) is 0.590. The van der Waals surface area contributed by atoms with Crippen molar-refractivity contribution in [1.82, 2.24) is 0 Å². The number of hydrogen-bond donors (Lipinski definition) is 2. The van der Waals surface area contributed by atoms with Gasteiger partial charge in [-0.25, -0.2) is 0 Å². The summed E-state index contributed by atoms with van der Waals surface area (Å²) in [7, 11) is 0. The lowest BCUT2D eigenvalue weighted by Gasteiger charge is -2.20. The number of hydrogen-bond acceptors (Lipinski definition) is 3. The predicted octanol–water partition coefficient (Wildman–Crippen LogP) is 4.02. The fraction of sp³-hybridized carbons (Fsp3) is 0.700. The van der Waals surface area contributed by atoms with Crippen LogP contribution in [0.1, 0.15) is 76.2 Å². The Bertz CT molecular complexity index is 515. The highest BCUT2D eigenvalue weighted by molar-refractivity contribution is 5.26. The molecule has 3 N–H and O–H groups in total. The third-order valence-electron chi connectivity index (χ3n) is 4.82. The van der Waals surface area contributed by atoms with E-state index in [1.54, 1.807) is 0 Å². The van der Waals surface area contributed by atoms with Gasteiger partial charge in [0.05, 0.1) is 6.61 Å². The molecule has 1 aliphatic carbocycles. The molecule has 1 atom stereocenters. The summed E-state index contributed by atoms with van der Waals surface area (Å²) in [6.07, 6.45) is 12.0. The molecular weight excluding hydrogens is 286 g/mol. The molecule has 1 saturated carbocycles. The normalized spacial score (nSPS) is 18.2. The molecule has 1 unspecified atom stereocenters. The van der Waals surface area contributed by atoms with Gasteiger partial charge >= 0.3 is 0 Å². The van der Waals surface area contributed by atoms with Crippen LogP contribution >= 0.6 is 0 Å². The Kier molecular flexibility index (Phi) is 7.20. The van der Waals surface area contributed by atoms with Crippen LogP contribution in [0.25, 0.3) is 0 Å². The Balaban J connectivity index is 1.68. The Hall–Kier alpha value is -1.24. The van der Waals surface area contributed by atoms with Crippen LogP contribution in [0.3, 0.4) is 0 Å². The molecule has 0 radical (unpaired) electrons. The molecular formula is C20H31NO2. The van der Waals surface area contributed by atoms with Crippen molar-refractivity contribution in [2.75, 3.05) is 6.61 Å². The Morgan fingerprint density at radius 1 is 1.30 bits per heavy atom. The summed E-state index contributed by atoms with van der Waals surface area (Å²) >= 11 is 0. The minimum Gasteiger partial charge on any atom is -0.453 e. The van der Waals surface area contributed by atoms with Gasteiger partial charge in [0.1, 0.15) is 5.76 Å². The maximum atomic E-state index is 9.16. The second-order valence-corrected chi connectivity index (χ2v) is 7.28. The van der Waals surface area contributed by atoms with Crippen molar-refractivity contribution < 1.29 is 9.52 Å². The van der Waals surface area contributed by atoms with Gasteiger partial charge in [-0.3, -0.25) is 0 Å². The van der Waals surface area contributed by atoms with E-state index in [-0.39, 0.29) is 6.61 Å². The molecule has 0 spiro atoms. The first-order chi connectivity index (χ1) is 11.1. The van der Waals surface area contributed by atoms with Crippen molar-refractivity contribution in [1.29, 1.82) is 0 Å². The average molecular weight is 317 g/mol. The fourth-order valence-corrected chi connectivity index (χ4v) is 3.17. The number of unbranched alkanes of at least 4 members (excludes halogenated alkanes) is 1. The summed E-state index contributed by atoms with van der Waals surface area (Å²) in [6, 6.07) is 3.88. The van der Waals surface area contributed by atoms with E-state index in [9.17, 15) is 0 Å². The van der Waals surface area contributed by atoms with Crippen LogP contribution in [-0.4, -0.2) is 17.3 Å². The zero-order valence-corrected chi connectivity index (χ0v) is 14.4. The van der Waals surface area contributed by atoms with Gasteiger partial charge in [0.15, 0.2) is 5.76 Å². The predicted molar refractivity (Wildman–Crippen MR) is 94.0 cm³/mol. The zero-order chi connectivity index (χ0) is 16.5. The van der Waals surface area contributed by atoms with Gasteiger partial charge in [-0.2, -0.15) is 0 Å². The van der Waals surface area contributed by atoms with E-state index < -0.39 is 5.54 Å². The molecule has 1 aliphatic rings. The first-order valence-corrected chi connectivity index (χ1v) is 9.06. The van der Waals surface area contributed by atoms with Gasteiger partial charge in [-0.1, -0.05) is 38.0 Å². The van der Waals surface area contributed by atoms with Gasteiger partial charge in [-0.15, -0.1) is 0 Å². The number of aliphatic hydroxyl groups excluding tert-OH is 1. The molecule has 1 heterocycles. The SMILES string of the molecule is CC(N)(CO)CCc1ccc(C#CCCCC2CCCCC2)o1. The van der Waals surface area contributed by atoms with Crippen molar-refractivity contribution in [3.63, 3.8) is 0 Å². The maximum absolute atomic E-state index is 9.16. The van der Waals surface area contributed by atoms with Crippen molar-refractivity contribution in [2.45, 2.75) is 76.7 Å². The lowest BCUT2D eigenvalue weighted by Crippen LogP contribution is -2.40. The van der Waals surface area contributed by atoms with Crippen molar-refractivity contribution in [2.24, 2.45) is 11.7 Å². The minimum atomic E-state index is -0.544. The zero-order valence-electron chi connectivity index (χ0n) is 14.4. The molecule has 0 aliphatic heterocycles. The van der Waals surface area contributed by atoms with Gasteiger partial charge in [-0.05, 0) is 50.2 Å². The summed E-state index contributed by atoms with van der Waals surface area (Å²) in [5.41, 5.74) is 5.38. The van der Waals surface area contributed by atoms with E-state index in [0.717, 1.165) is 30.3 Å². The number of aryl methyl sites for hydroxylation is 1. The molecule has 0 saturated heterocycles. The maximum Gasteiger partial charge on any atom is 0.177 e. The lowest BCUT2D eigenvalue weighted by molar-refractivity contribution is 0.199. The monoisotopic (exact) mass is 317 g/mol. The topological polar surface area (TPSA) is 59.4 Å². The minimum absolute atomic E-state index is 0.0125. The van der Waals surface area contributed by atoms with Gasteiger partial charge in [0, 0.05) is 18.4 Å². The summed E-state index contributed by atoms with van der Waals surface area (Å²) in [4.78, 5) is 0. The molecule has 128 valence electrons. The van der Waals surface area contributed by atoms with E-state index in [1.165, 1.54) is 44.9 Å². The molecule has 1 aromatic rings. The molecule has 3 heteroatoms. The number of nitrogens with two attached hydrogens (primary N) is 1. The molecule has 1 fully saturated rings. The first-order valence-electron chi connectivity index (χ1n) is 9.06. The van der Waals surface area contributed by atoms with Crippen molar-refractivity contribution in [3.8, 4) is 11.8 Å². The van der Waals surface area contributed by atoms with E-state index in [0.29, 0.717) is 6.42 Å². The molecule has 2 rings (SSSR count). The van der Waals surface area contributed by atoms with Crippen LogP contribution in [0.2, 0.25) is 0 Å². The third kappa shape index (κ3) is 6.81.